The Morgan fingerprint density at radius 2 is 1.76 bits per heavy atom. The van der Waals surface area contributed by atoms with Gasteiger partial charge in [-0.3, -0.25) is 4.79 Å². The van der Waals surface area contributed by atoms with Gasteiger partial charge < -0.3 is 15.4 Å². The van der Waals surface area contributed by atoms with Crippen LogP contribution in [0.4, 0.5) is 11.4 Å². The highest BCUT2D eigenvalue weighted by molar-refractivity contribution is 6.06. The predicted molar refractivity (Wildman–Crippen MR) is 99.5 cm³/mol. The van der Waals surface area contributed by atoms with Gasteiger partial charge in [0.05, 0.1) is 6.61 Å². The van der Waals surface area contributed by atoms with Crippen LogP contribution in [0, 0.1) is 25.2 Å². The van der Waals surface area contributed by atoms with E-state index in [1.807, 2.05) is 39.0 Å². The molecular formula is C20H21N3O2. The van der Waals surface area contributed by atoms with Crippen LogP contribution in [0.2, 0.25) is 0 Å². The molecule has 0 aliphatic rings. The summed E-state index contributed by atoms with van der Waals surface area (Å²) in [6, 6.07) is 14.9. The lowest BCUT2D eigenvalue weighted by Gasteiger charge is -2.08. The summed E-state index contributed by atoms with van der Waals surface area (Å²) in [5.41, 5.74) is 3.63. The number of hydrogen-bond acceptors (Lipinski definition) is 4. The maximum absolute atomic E-state index is 12.2. The van der Waals surface area contributed by atoms with Gasteiger partial charge in [-0.2, -0.15) is 5.26 Å². The van der Waals surface area contributed by atoms with Crippen molar-refractivity contribution >= 4 is 17.3 Å². The van der Waals surface area contributed by atoms with Crippen molar-refractivity contribution in [2.45, 2.75) is 20.8 Å². The van der Waals surface area contributed by atoms with Crippen LogP contribution in [0.15, 0.2) is 54.2 Å². The van der Waals surface area contributed by atoms with Gasteiger partial charge in [-0.1, -0.05) is 6.07 Å². The molecule has 0 radical (unpaired) electrons. The zero-order chi connectivity index (χ0) is 18.2. The molecule has 0 aliphatic carbocycles. The molecule has 1 amide bonds. The molecular weight excluding hydrogens is 314 g/mol. The first-order valence-corrected chi connectivity index (χ1v) is 8.01. The Balaban J connectivity index is 2.06. The Kier molecular flexibility index (Phi) is 6.19. The minimum absolute atomic E-state index is 0.00644. The number of rotatable bonds is 6. The second-order valence-corrected chi connectivity index (χ2v) is 5.60. The number of carbonyl (C=O) groups excluding carboxylic acids is 1. The van der Waals surface area contributed by atoms with Gasteiger partial charge in [0, 0.05) is 17.6 Å². The third-order valence-electron chi connectivity index (χ3n) is 3.39. The quantitative estimate of drug-likeness (QED) is 0.614. The normalized spacial score (nSPS) is 10.7. The Labute approximate surface area is 147 Å². The van der Waals surface area contributed by atoms with E-state index in [1.165, 1.54) is 6.20 Å². The number of ether oxygens (including phenoxy) is 1. The summed E-state index contributed by atoms with van der Waals surface area (Å²) < 4.78 is 5.35. The molecule has 2 aromatic carbocycles. The van der Waals surface area contributed by atoms with E-state index in [1.54, 1.807) is 24.3 Å². The molecule has 0 fully saturated rings. The number of nitrogens with zero attached hydrogens (tertiary/aromatic N) is 1. The van der Waals surface area contributed by atoms with Crippen LogP contribution in [-0.2, 0) is 4.79 Å². The molecule has 2 N–H and O–H groups in total. The maximum atomic E-state index is 12.2. The molecule has 0 unspecified atom stereocenters. The third kappa shape index (κ3) is 5.40. The highest BCUT2D eigenvalue weighted by atomic mass is 16.5. The second kappa shape index (κ2) is 8.55. The fraction of sp³-hybridized carbons (Fsp3) is 0.200. The molecule has 0 aliphatic heterocycles. The molecule has 0 spiro atoms. The summed E-state index contributed by atoms with van der Waals surface area (Å²) in [5.74, 6) is 0.261. The number of benzene rings is 2. The monoisotopic (exact) mass is 335 g/mol. The molecule has 0 heterocycles. The average Bonchev–Trinajstić information content (AvgIpc) is 2.56. The molecule has 2 rings (SSSR count). The zero-order valence-electron chi connectivity index (χ0n) is 14.6. The molecule has 0 saturated heterocycles. The molecule has 0 aromatic heterocycles. The van der Waals surface area contributed by atoms with Gasteiger partial charge in [0.25, 0.3) is 5.91 Å². The maximum Gasteiger partial charge on any atom is 0.267 e. The number of amides is 1. The van der Waals surface area contributed by atoms with E-state index in [0.29, 0.717) is 12.3 Å². The van der Waals surface area contributed by atoms with Gasteiger partial charge in [-0.05, 0) is 68.3 Å². The predicted octanol–water partition coefficient (Wildman–Crippen LogP) is 4.16. The van der Waals surface area contributed by atoms with Crippen molar-refractivity contribution in [1.82, 2.24) is 0 Å². The van der Waals surface area contributed by atoms with Crippen LogP contribution in [0.25, 0.3) is 0 Å². The van der Waals surface area contributed by atoms with Crippen molar-refractivity contribution in [3.05, 3.63) is 65.4 Å². The summed E-state index contributed by atoms with van der Waals surface area (Å²) in [4.78, 5) is 12.2. The van der Waals surface area contributed by atoms with E-state index in [4.69, 9.17) is 4.74 Å². The lowest BCUT2D eigenvalue weighted by atomic mass is 10.1. The fourth-order valence-electron chi connectivity index (χ4n) is 2.36. The van der Waals surface area contributed by atoms with E-state index >= 15 is 0 Å². The molecule has 2 aromatic rings. The number of nitriles is 1. The lowest BCUT2D eigenvalue weighted by Crippen LogP contribution is -2.14. The van der Waals surface area contributed by atoms with Crippen LogP contribution >= 0.6 is 0 Å². The van der Waals surface area contributed by atoms with Gasteiger partial charge in [-0.25, -0.2) is 0 Å². The van der Waals surface area contributed by atoms with E-state index in [9.17, 15) is 10.1 Å². The summed E-state index contributed by atoms with van der Waals surface area (Å²) >= 11 is 0. The second-order valence-electron chi connectivity index (χ2n) is 5.60. The number of carbonyl (C=O) groups is 1. The molecule has 0 bridgehead atoms. The first-order chi connectivity index (χ1) is 12.0. The Morgan fingerprint density at radius 1 is 1.12 bits per heavy atom. The van der Waals surface area contributed by atoms with Crippen molar-refractivity contribution in [2.75, 3.05) is 17.2 Å². The van der Waals surface area contributed by atoms with E-state index in [0.717, 1.165) is 22.6 Å². The summed E-state index contributed by atoms with van der Waals surface area (Å²) in [5, 5.41) is 14.9. The number of anilines is 2. The lowest BCUT2D eigenvalue weighted by molar-refractivity contribution is -0.112. The zero-order valence-corrected chi connectivity index (χ0v) is 14.6. The van der Waals surface area contributed by atoms with Crippen LogP contribution in [0.5, 0.6) is 5.75 Å². The minimum Gasteiger partial charge on any atom is -0.494 e. The van der Waals surface area contributed by atoms with E-state index in [2.05, 4.69) is 16.7 Å². The van der Waals surface area contributed by atoms with Crippen LogP contribution in [0.3, 0.4) is 0 Å². The van der Waals surface area contributed by atoms with E-state index < -0.39 is 5.91 Å². The SMILES string of the molecule is CCOc1ccc(NC(=O)/C(C#N)=C\Nc2cc(C)cc(C)c2)cc1. The van der Waals surface area contributed by atoms with Crippen LogP contribution in [-0.4, -0.2) is 12.5 Å². The van der Waals surface area contributed by atoms with Gasteiger partial charge in [0.2, 0.25) is 0 Å². The fourth-order valence-corrected chi connectivity index (χ4v) is 2.36. The summed E-state index contributed by atoms with van der Waals surface area (Å²) in [7, 11) is 0. The van der Waals surface area contributed by atoms with Crippen LogP contribution in [0.1, 0.15) is 18.1 Å². The highest BCUT2D eigenvalue weighted by Gasteiger charge is 2.09. The van der Waals surface area contributed by atoms with Crippen LogP contribution < -0.4 is 15.4 Å². The summed E-state index contributed by atoms with van der Waals surface area (Å²) in [6.45, 7) is 6.47. The molecule has 0 saturated carbocycles. The van der Waals surface area contributed by atoms with Crippen molar-refractivity contribution in [1.29, 1.82) is 5.26 Å². The number of hydrogen-bond donors (Lipinski definition) is 2. The third-order valence-corrected chi connectivity index (χ3v) is 3.39. The molecule has 5 heteroatoms. The van der Waals surface area contributed by atoms with Crippen molar-refractivity contribution in [2.24, 2.45) is 0 Å². The molecule has 5 nitrogen and oxygen atoms in total. The van der Waals surface area contributed by atoms with Crippen molar-refractivity contribution in [3.8, 4) is 11.8 Å². The molecule has 128 valence electrons. The molecule has 25 heavy (non-hydrogen) atoms. The van der Waals surface area contributed by atoms with Crippen molar-refractivity contribution in [3.63, 3.8) is 0 Å². The van der Waals surface area contributed by atoms with Gasteiger partial charge in [-0.15, -0.1) is 0 Å². The Morgan fingerprint density at radius 3 is 2.32 bits per heavy atom. The number of aryl methyl sites for hydroxylation is 2. The first kappa shape index (κ1) is 18.1. The Bertz CT molecular complexity index is 798. The highest BCUT2D eigenvalue weighted by Crippen LogP contribution is 2.17. The molecule has 0 atom stereocenters. The standard InChI is InChI=1S/C20H21N3O2/c1-4-25-19-7-5-17(6-8-19)23-20(24)16(12-21)13-22-18-10-14(2)9-15(3)11-18/h5-11,13,22H,4H2,1-3H3,(H,23,24)/b16-13-. The van der Waals surface area contributed by atoms with Crippen molar-refractivity contribution < 1.29 is 9.53 Å². The smallest absolute Gasteiger partial charge is 0.267 e. The topological polar surface area (TPSA) is 74.1 Å². The Hall–Kier alpha value is -3.26. The summed E-state index contributed by atoms with van der Waals surface area (Å²) in [6.07, 6.45) is 1.41. The van der Waals surface area contributed by atoms with Gasteiger partial charge in [0.15, 0.2) is 0 Å². The largest absolute Gasteiger partial charge is 0.494 e. The first-order valence-electron chi connectivity index (χ1n) is 8.01. The number of nitrogens with one attached hydrogen (secondary N) is 2. The van der Waals surface area contributed by atoms with E-state index in [-0.39, 0.29) is 5.57 Å². The average molecular weight is 335 g/mol. The van der Waals surface area contributed by atoms with Gasteiger partial charge in [0.1, 0.15) is 17.4 Å². The minimum atomic E-state index is -0.469. The van der Waals surface area contributed by atoms with Gasteiger partial charge >= 0.3 is 0 Å².